The van der Waals surface area contributed by atoms with Crippen LogP contribution in [0.1, 0.15) is 142 Å². The average molecular weight is 462 g/mol. The van der Waals surface area contributed by atoms with Crippen molar-refractivity contribution in [2.24, 2.45) is 0 Å². The summed E-state index contributed by atoms with van der Waals surface area (Å²) in [6, 6.07) is 0. The number of hydrogen-bond acceptors (Lipinski definition) is 2. The fourth-order valence-corrected chi connectivity index (χ4v) is 4.10. The van der Waals surface area contributed by atoms with Crippen LogP contribution in [0.3, 0.4) is 0 Å². The van der Waals surface area contributed by atoms with Crippen LogP contribution < -0.4 is 0 Å². The number of alkyl halides is 1. The van der Waals surface area contributed by atoms with Crippen LogP contribution in [-0.4, -0.2) is 17.4 Å². The van der Waals surface area contributed by atoms with Crippen molar-refractivity contribution in [3.63, 3.8) is 0 Å². The van der Waals surface area contributed by atoms with Gasteiger partial charge in [-0.05, 0) is 38.5 Å². The van der Waals surface area contributed by atoms with E-state index in [0.717, 1.165) is 31.0 Å². The van der Waals surface area contributed by atoms with Gasteiger partial charge in [-0.15, -0.1) is 0 Å². The minimum Gasteiger partial charge on any atom is -0.462 e. The quantitative estimate of drug-likeness (QED) is 0.0913. The number of hydrogen-bond donors (Lipinski definition) is 0. The first-order valence-corrected chi connectivity index (χ1v) is 13.6. The Labute approximate surface area is 185 Å². The van der Waals surface area contributed by atoms with E-state index in [4.69, 9.17) is 4.74 Å². The minimum absolute atomic E-state index is 0.0439. The van der Waals surface area contributed by atoms with E-state index in [2.05, 4.69) is 29.8 Å². The van der Waals surface area contributed by atoms with Crippen molar-refractivity contribution < 1.29 is 9.53 Å². The van der Waals surface area contributed by atoms with Gasteiger partial charge in [-0.25, -0.2) is 0 Å². The molecular weight excluding hydrogens is 412 g/mol. The zero-order valence-corrected chi connectivity index (χ0v) is 20.7. The fraction of sp³-hybridized carbons (Fsp3) is 0.960. The van der Waals surface area contributed by atoms with Crippen LogP contribution in [0.2, 0.25) is 0 Å². The van der Waals surface area contributed by atoms with Gasteiger partial charge >= 0.3 is 5.97 Å². The first-order chi connectivity index (χ1) is 13.7. The highest BCUT2D eigenvalue weighted by atomic mass is 79.9. The lowest BCUT2D eigenvalue weighted by atomic mass is 10.0. The van der Waals surface area contributed by atoms with Crippen LogP contribution in [0.25, 0.3) is 0 Å². The van der Waals surface area contributed by atoms with Gasteiger partial charge in [0.25, 0.3) is 0 Å². The summed E-state index contributed by atoms with van der Waals surface area (Å²) < 4.78 is 5.89. The highest BCUT2D eigenvalue weighted by Gasteiger charge is 2.14. The summed E-state index contributed by atoms with van der Waals surface area (Å²) in [5, 5.41) is 1.09. The van der Waals surface area contributed by atoms with Gasteiger partial charge < -0.3 is 4.74 Å². The molecule has 0 aliphatic carbocycles. The van der Waals surface area contributed by atoms with Gasteiger partial charge in [-0.2, -0.15) is 0 Å². The van der Waals surface area contributed by atoms with Crippen molar-refractivity contribution in [2.75, 3.05) is 5.33 Å². The Morgan fingerprint density at radius 3 is 1.57 bits per heavy atom. The number of carbonyl (C=O) groups is 1. The Bertz CT molecular complexity index is 304. The predicted molar refractivity (Wildman–Crippen MR) is 127 cm³/mol. The molecule has 0 saturated heterocycles. The smallest absolute Gasteiger partial charge is 0.306 e. The second-order valence-corrected chi connectivity index (χ2v) is 9.22. The second-order valence-electron chi connectivity index (χ2n) is 8.43. The van der Waals surface area contributed by atoms with E-state index in [1.54, 1.807) is 0 Å². The molecular formula is C25H49BrO2. The molecule has 0 aromatic rings. The van der Waals surface area contributed by atoms with Crippen LogP contribution in [0, 0.1) is 0 Å². The molecule has 0 bridgehead atoms. The summed E-state index contributed by atoms with van der Waals surface area (Å²) in [6.07, 6.45) is 24.5. The molecule has 0 atom stereocenters. The largest absolute Gasteiger partial charge is 0.462 e. The van der Waals surface area contributed by atoms with E-state index >= 15 is 0 Å². The number of esters is 1. The number of halogens is 1. The van der Waals surface area contributed by atoms with Gasteiger partial charge in [-0.1, -0.05) is 113 Å². The van der Waals surface area contributed by atoms with Crippen LogP contribution in [-0.2, 0) is 9.53 Å². The summed E-state index contributed by atoms with van der Waals surface area (Å²) in [5.41, 5.74) is 0. The first-order valence-electron chi connectivity index (χ1n) is 12.5. The lowest BCUT2D eigenvalue weighted by Crippen LogP contribution is -2.18. The van der Waals surface area contributed by atoms with Gasteiger partial charge in [-0.3, -0.25) is 4.79 Å². The third-order valence-electron chi connectivity index (χ3n) is 5.57. The van der Waals surface area contributed by atoms with E-state index in [0.29, 0.717) is 6.42 Å². The zero-order chi connectivity index (χ0) is 20.7. The normalized spacial score (nSPS) is 11.3. The molecule has 0 fully saturated rings. The van der Waals surface area contributed by atoms with E-state index in [-0.39, 0.29) is 12.1 Å². The van der Waals surface area contributed by atoms with E-state index in [1.807, 2.05) is 0 Å². The maximum atomic E-state index is 12.3. The standard InChI is InChI=1S/C25H49BrO2/c1-3-5-7-9-12-16-20-24(21-17-13-10-8-6-4-2)28-25(27)22-18-14-11-15-19-23-26/h24H,3-23H2,1-2H3. The molecule has 0 saturated carbocycles. The molecule has 0 heterocycles. The predicted octanol–water partition coefficient (Wildman–Crippen LogP) is 9.13. The summed E-state index contributed by atoms with van der Waals surface area (Å²) in [6.45, 7) is 4.52. The molecule has 3 heteroatoms. The van der Waals surface area contributed by atoms with Crippen LogP contribution in [0.15, 0.2) is 0 Å². The molecule has 0 N–H and O–H groups in total. The molecule has 0 unspecified atom stereocenters. The van der Waals surface area contributed by atoms with Crippen molar-refractivity contribution in [2.45, 2.75) is 148 Å². The summed E-state index contributed by atoms with van der Waals surface area (Å²) in [4.78, 5) is 12.3. The molecule has 0 aliphatic rings. The van der Waals surface area contributed by atoms with Crippen LogP contribution in [0.5, 0.6) is 0 Å². The summed E-state index contributed by atoms with van der Waals surface area (Å²) in [7, 11) is 0. The van der Waals surface area contributed by atoms with Crippen molar-refractivity contribution in [3.05, 3.63) is 0 Å². The summed E-state index contributed by atoms with van der Waals surface area (Å²) >= 11 is 3.47. The second kappa shape index (κ2) is 23.2. The molecule has 2 nitrogen and oxygen atoms in total. The van der Waals surface area contributed by atoms with Crippen molar-refractivity contribution in [1.29, 1.82) is 0 Å². The topological polar surface area (TPSA) is 26.3 Å². The molecule has 0 spiro atoms. The van der Waals surface area contributed by atoms with E-state index < -0.39 is 0 Å². The van der Waals surface area contributed by atoms with Gasteiger partial charge in [0.05, 0.1) is 0 Å². The van der Waals surface area contributed by atoms with Gasteiger partial charge in [0.1, 0.15) is 6.10 Å². The van der Waals surface area contributed by atoms with Gasteiger partial charge in [0.2, 0.25) is 0 Å². The Morgan fingerprint density at radius 2 is 1.07 bits per heavy atom. The van der Waals surface area contributed by atoms with Crippen LogP contribution in [0.4, 0.5) is 0 Å². The maximum absolute atomic E-state index is 12.3. The molecule has 28 heavy (non-hydrogen) atoms. The minimum atomic E-state index is 0.0439. The molecule has 0 radical (unpaired) electrons. The van der Waals surface area contributed by atoms with Gasteiger partial charge in [0.15, 0.2) is 0 Å². The summed E-state index contributed by atoms with van der Waals surface area (Å²) in [5.74, 6) is 0.0439. The molecule has 0 aliphatic heterocycles. The van der Waals surface area contributed by atoms with Crippen molar-refractivity contribution >= 4 is 21.9 Å². The SMILES string of the molecule is CCCCCCCCC(CCCCCCCC)OC(=O)CCCCCCCBr. The number of unbranched alkanes of at least 4 members (excludes halogenated alkanes) is 14. The molecule has 0 rings (SSSR count). The van der Waals surface area contributed by atoms with E-state index in [1.165, 1.54) is 96.3 Å². The van der Waals surface area contributed by atoms with Crippen molar-refractivity contribution in [1.82, 2.24) is 0 Å². The lowest BCUT2D eigenvalue weighted by molar-refractivity contribution is -0.150. The third-order valence-corrected chi connectivity index (χ3v) is 6.13. The number of rotatable bonds is 22. The Kier molecular flexibility index (Phi) is 23.2. The molecule has 0 aromatic heterocycles. The molecule has 0 amide bonds. The molecule has 168 valence electrons. The highest BCUT2D eigenvalue weighted by Crippen LogP contribution is 2.18. The van der Waals surface area contributed by atoms with Gasteiger partial charge in [0, 0.05) is 11.8 Å². The third kappa shape index (κ3) is 20.7. The maximum Gasteiger partial charge on any atom is 0.306 e. The Morgan fingerprint density at radius 1 is 0.643 bits per heavy atom. The highest BCUT2D eigenvalue weighted by molar-refractivity contribution is 9.09. The van der Waals surface area contributed by atoms with Crippen LogP contribution >= 0.6 is 15.9 Å². The number of ether oxygens (including phenoxy) is 1. The molecule has 0 aromatic carbocycles. The average Bonchev–Trinajstić information content (AvgIpc) is 2.69. The Hall–Kier alpha value is -0.0500. The van der Waals surface area contributed by atoms with E-state index in [9.17, 15) is 4.79 Å². The zero-order valence-electron chi connectivity index (χ0n) is 19.1. The number of carbonyl (C=O) groups excluding carboxylic acids is 1. The lowest BCUT2D eigenvalue weighted by Gasteiger charge is -2.18. The first kappa shape index (κ1) is 27.9. The fourth-order valence-electron chi connectivity index (χ4n) is 3.71. The Balaban J connectivity index is 3.99. The van der Waals surface area contributed by atoms with Crippen molar-refractivity contribution in [3.8, 4) is 0 Å². The monoisotopic (exact) mass is 460 g/mol.